The number of benzene rings is 2. The molecule has 1 atom stereocenters. The number of nitrogens with zero attached hydrogens (tertiary/aromatic N) is 4. The monoisotopic (exact) mass is 441 g/mol. The molecule has 0 radical (unpaired) electrons. The molecular formula is C24H23N7O2. The molecule has 0 fully saturated rings. The van der Waals surface area contributed by atoms with Gasteiger partial charge in [-0.05, 0) is 49.6 Å². The fraction of sp³-hybridized carbons (Fsp3) is 0.208. The lowest BCUT2D eigenvalue weighted by Crippen LogP contribution is -2.37. The predicted octanol–water partition coefficient (Wildman–Crippen LogP) is 2.81. The molecule has 166 valence electrons. The number of fused-ring (bicyclic) bond motifs is 2. The Morgan fingerprint density at radius 2 is 2.03 bits per heavy atom. The second-order valence-electron chi connectivity index (χ2n) is 8.24. The Labute approximate surface area is 188 Å². The van der Waals surface area contributed by atoms with E-state index in [2.05, 4.69) is 15.3 Å². The van der Waals surface area contributed by atoms with E-state index in [4.69, 9.17) is 11.1 Å². The van der Waals surface area contributed by atoms with Gasteiger partial charge in [0.15, 0.2) is 0 Å². The number of anilines is 1. The standard InChI is InChI=1S/C24H23N7O2/c1-13(14-6-4-3-5-7-14)31-23(32)17-11-16(18(25)12-20(17)27-24(31)33)22(26)15-8-9-19-21(10-15)30(2)29-28-19/h4,6-13,26H,3,5,25H2,1-2H3,(H,27,33). The van der Waals surface area contributed by atoms with Crippen molar-refractivity contribution in [3.8, 4) is 0 Å². The van der Waals surface area contributed by atoms with Gasteiger partial charge in [-0.25, -0.2) is 9.48 Å². The first-order valence-corrected chi connectivity index (χ1v) is 10.7. The summed E-state index contributed by atoms with van der Waals surface area (Å²) in [6.45, 7) is 1.83. The summed E-state index contributed by atoms with van der Waals surface area (Å²) in [6.07, 6.45) is 7.88. The van der Waals surface area contributed by atoms with Crippen LogP contribution in [0.2, 0.25) is 0 Å². The molecule has 2 aromatic carbocycles. The van der Waals surface area contributed by atoms with Crippen molar-refractivity contribution in [2.24, 2.45) is 7.05 Å². The average molecular weight is 441 g/mol. The molecule has 0 saturated carbocycles. The number of hydrogen-bond acceptors (Lipinski definition) is 6. The van der Waals surface area contributed by atoms with E-state index in [1.165, 1.54) is 4.57 Å². The summed E-state index contributed by atoms with van der Waals surface area (Å²) in [7, 11) is 1.78. The van der Waals surface area contributed by atoms with E-state index < -0.39 is 17.3 Å². The summed E-state index contributed by atoms with van der Waals surface area (Å²) in [5.74, 6) is 0. The molecule has 0 spiro atoms. The number of aromatic amines is 1. The summed E-state index contributed by atoms with van der Waals surface area (Å²) in [5.41, 5.74) is 9.62. The number of hydrogen-bond donors (Lipinski definition) is 3. The third-order valence-electron chi connectivity index (χ3n) is 6.16. The molecule has 1 unspecified atom stereocenters. The van der Waals surface area contributed by atoms with Gasteiger partial charge in [0.25, 0.3) is 5.56 Å². The van der Waals surface area contributed by atoms with Gasteiger partial charge in [-0.3, -0.25) is 14.8 Å². The highest BCUT2D eigenvalue weighted by molar-refractivity contribution is 6.16. The van der Waals surface area contributed by atoms with Gasteiger partial charge in [0, 0.05) is 23.9 Å². The fourth-order valence-electron chi connectivity index (χ4n) is 4.30. The maximum Gasteiger partial charge on any atom is 0.329 e. The summed E-state index contributed by atoms with van der Waals surface area (Å²) < 4.78 is 2.86. The van der Waals surface area contributed by atoms with Crippen LogP contribution in [-0.2, 0) is 7.05 Å². The molecule has 0 saturated heterocycles. The predicted molar refractivity (Wildman–Crippen MR) is 129 cm³/mol. The van der Waals surface area contributed by atoms with Gasteiger partial charge in [0.05, 0.1) is 28.2 Å². The molecule has 9 heteroatoms. The maximum atomic E-state index is 13.4. The highest BCUT2D eigenvalue weighted by Crippen LogP contribution is 2.24. The maximum absolute atomic E-state index is 13.4. The van der Waals surface area contributed by atoms with Crippen LogP contribution in [0.15, 0.2) is 63.7 Å². The third kappa shape index (κ3) is 3.38. The largest absolute Gasteiger partial charge is 0.398 e. The molecule has 1 aliphatic carbocycles. The Balaban J connectivity index is 1.65. The molecule has 5 rings (SSSR count). The van der Waals surface area contributed by atoms with Crippen LogP contribution in [0.3, 0.4) is 0 Å². The van der Waals surface area contributed by atoms with Crippen molar-refractivity contribution in [1.82, 2.24) is 24.5 Å². The van der Waals surface area contributed by atoms with E-state index in [9.17, 15) is 9.59 Å². The average Bonchev–Trinajstić information content (AvgIpc) is 3.19. The number of rotatable bonds is 4. The van der Waals surface area contributed by atoms with E-state index in [-0.39, 0.29) is 5.71 Å². The molecule has 4 N–H and O–H groups in total. The van der Waals surface area contributed by atoms with Crippen molar-refractivity contribution in [2.75, 3.05) is 5.73 Å². The van der Waals surface area contributed by atoms with E-state index in [0.717, 1.165) is 29.4 Å². The number of nitrogens with one attached hydrogen (secondary N) is 2. The first kappa shape index (κ1) is 20.6. The topological polar surface area (TPSA) is 135 Å². The lowest BCUT2D eigenvalue weighted by molar-refractivity contribution is 0.580. The number of allylic oxidation sites excluding steroid dienone is 4. The summed E-state index contributed by atoms with van der Waals surface area (Å²) in [6, 6.07) is 8.10. The van der Waals surface area contributed by atoms with Crippen LogP contribution in [0.1, 0.15) is 36.9 Å². The van der Waals surface area contributed by atoms with Crippen LogP contribution in [0, 0.1) is 5.41 Å². The minimum Gasteiger partial charge on any atom is -0.398 e. The van der Waals surface area contributed by atoms with E-state index in [0.29, 0.717) is 27.7 Å². The van der Waals surface area contributed by atoms with Gasteiger partial charge in [-0.1, -0.05) is 29.5 Å². The van der Waals surface area contributed by atoms with E-state index in [1.54, 1.807) is 36.0 Å². The second kappa shape index (κ2) is 7.70. The number of aryl methyl sites for hydroxylation is 1. The Morgan fingerprint density at radius 3 is 2.79 bits per heavy atom. The Bertz CT molecular complexity index is 1620. The summed E-state index contributed by atoms with van der Waals surface area (Å²) >= 11 is 0. The normalized spacial score (nSPS) is 14.5. The van der Waals surface area contributed by atoms with Gasteiger partial charge in [-0.2, -0.15) is 0 Å². The molecule has 0 aliphatic heterocycles. The third-order valence-corrected chi connectivity index (χ3v) is 6.16. The first-order valence-electron chi connectivity index (χ1n) is 10.7. The van der Waals surface area contributed by atoms with Crippen molar-refractivity contribution in [3.05, 3.63) is 86.1 Å². The smallest absolute Gasteiger partial charge is 0.329 e. The minimum absolute atomic E-state index is 0.167. The summed E-state index contributed by atoms with van der Waals surface area (Å²) in [4.78, 5) is 29.0. The summed E-state index contributed by atoms with van der Waals surface area (Å²) in [5, 5.41) is 17.1. The zero-order chi connectivity index (χ0) is 23.3. The Morgan fingerprint density at radius 1 is 1.21 bits per heavy atom. The van der Waals surface area contributed by atoms with Crippen molar-refractivity contribution in [3.63, 3.8) is 0 Å². The minimum atomic E-state index is -0.490. The SMILES string of the molecule is CC(C1=CCCC=C1)n1c(=O)[nH]c2cc(N)c(C(=N)c3ccc4nnn(C)c4c3)cc2c1=O. The van der Waals surface area contributed by atoms with Crippen LogP contribution in [0.5, 0.6) is 0 Å². The molecule has 0 bridgehead atoms. The lowest BCUT2D eigenvalue weighted by atomic mass is 9.98. The van der Waals surface area contributed by atoms with Crippen LogP contribution in [0.25, 0.3) is 21.9 Å². The van der Waals surface area contributed by atoms with Gasteiger partial charge in [0.1, 0.15) is 5.52 Å². The van der Waals surface area contributed by atoms with Crippen LogP contribution < -0.4 is 17.0 Å². The van der Waals surface area contributed by atoms with Gasteiger partial charge >= 0.3 is 5.69 Å². The first-order chi connectivity index (χ1) is 15.8. The van der Waals surface area contributed by atoms with Gasteiger partial charge < -0.3 is 10.7 Å². The molecule has 4 aromatic rings. The zero-order valence-electron chi connectivity index (χ0n) is 18.3. The second-order valence-corrected chi connectivity index (χ2v) is 8.24. The van der Waals surface area contributed by atoms with Crippen molar-refractivity contribution < 1.29 is 0 Å². The van der Waals surface area contributed by atoms with Crippen LogP contribution in [0.4, 0.5) is 5.69 Å². The lowest BCUT2D eigenvalue weighted by Gasteiger charge is -2.18. The van der Waals surface area contributed by atoms with Crippen molar-refractivity contribution in [2.45, 2.75) is 25.8 Å². The van der Waals surface area contributed by atoms with Crippen molar-refractivity contribution in [1.29, 1.82) is 5.41 Å². The molecule has 33 heavy (non-hydrogen) atoms. The Hall–Kier alpha value is -4.27. The molecule has 1 aliphatic rings. The highest BCUT2D eigenvalue weighted by Gasteiger charge is 2.19. The molecule has 9 nitrogen and oxygen atoms in total. The molecular weight excluding hydrogens is 418 g/mol. The van der Waals surface area contributed by atoms with Gasteiger partial charge in [0.2, 0.25) is 0 Å². The quantitative estimate of drug-likeness (QED) is 0.330. The van der Waals surface area contributed by atoms with Crippen molar-refractivity contribution >= 4 is 33.3 Å². The fourth-order valence-corrected chi connectivity index (χ4v) is 4.30. The zero-order valence-corrected chi connectivity index (χ0v) is 18.3. The Kier molecular flexibility index (Phi) is 4.81. The van der Waals surface area contributed by atoms with Crippen LogP contribution >= 0.6 is 0 Å². The number of H-pyrrole nitrogens is 1. The van der Waals surface area contributed by atoms with Gasteiger partial charge in [-0.15, -0.1) is 5.10 Å². The van der Waals surface area contributed by atoms with E-state index >= 15 is 0 Å². The highest BCUT2D eigenvalue weighted by atomic mass is 16.2. The van der Waals surface area contributed by atoms with E-state index in [1.807, 2.05) is 31.2 Å². The van der Waals surface area contributed by atoms with Crippen LogP contribution in [-0.4, -0.2) is 30.3 Å². The number of aromatic nitrogens is 5. The molecule has 0 amide bonds. The molecule has 2 heterocycles. The molecule has 2 aromatic heterocycles. The number of nitrogen functional groups attached to an aromatic ring is 1. The number of nitrogens with two attached hydrogens (primary N) is 1.